The van der Waals surface area contributed by atoms with Gasteiger partial charge in [-0.15, -0.1) is 0 Å². The molecule has 0 fully saturated rings. The van der Waals surface area contributed by atoms with Gasteiger partial charge in [0.25, 0.3) is 0 Å². The van der Waals surface area contributed by atoms with Crippen molar-refractivity contribution in [2.75, 3.05) is 0 Å². The first-order chi connectivity index (χ1) is 15.7. The van der Waals surface area contributed by atoms with Gasteiger partial charge in [-0.05, 0) is 74.7 Å². The van der Waals surface area contributed by atoms with Crippen LogP contribution < -0.4 is 0 Å². The number of phenolic OH excluding ortho intramolecular Hbond substituents is 1. The molecule has 3 aromatic carbocycles. The predicted octanol–water partition coefficient (Wildman–Crippen LogP) is 8.20. The van der Waals surface area contributed by atoms with Crippen LogP contribution in [0.25, 0.3) is 0 Å². The number of phenols is 1. The van der Waals surface area contributed by atoms with E-state index in [1.807, 2.05) is 0 Å². The third kappa shape index (κ3) is 5.79. The number of rotatable bonds is 9. The van der Waals surface area contributed by atoms with E-state index in [1.54, 1.807) is 0 Å². The topological polar surface area (TPSA) is 20.2 Å². The highest BCUT2D eigenvalue weighted by atomic mass is 28.2. The average Bonchev–Trinajstić information content (AvgIpc) is 2.76. The van der Waals surface area contributed by atoms with Crippen molar-refractivity contribution >= 4 is 9.52 Å². The first-order valence-corrected chi connectivity index (χ1v) is 14.1. The maximum absolute atomic E-state index is 11.1. The number of hydrogen-bond acceptors (Lipinski definition) is 1. The van der Waals surface area contributed by atoms with Crippen LogP contribution in [0.5, 0.6) is 5.75 Å². The molecular weight excluding hydrogens is 416 g/mol. The molecule has 33 heavy (non-hydrogen) atoms. The molecule has 0 spiro atoms. The van der Waals surface area contributed by atoms with Gasteiger partial charge in [-0.2, -0.15) is 0 Å². The normalized spacial score (nSPS) is 11.7. The van der Waals surface area contributed by atoms with Gasteiger partial charge in [0.05, 0.1) is 0 Å². The largest absolute Gasteiger partial charge is 0.507 e. The van der Waals surface area contributed by atoms with Gasteiger partial charge in [-0.25, -0.2) is 0 Å². The first kappa shape index (κ1) is 25.3. The van der Waals surface area contributed by atoms with E-state index in [-0.39, 0.29) is 0 Å². The van der Waals surface area contributed by atoms with E-state index in [1.165, 1.54) is 33.4 Å². The van der Waals surface area contributed by atoms with Gasteiger partial charge >= 0.3 is 0 Å². The molecule has 0 aliphatic heterocycles. The Labute approximate surface area is 204 Å². The average molecular weight is 457 g/mol. The molecule has 1 N–H and O–H groups in total. The number of para-hydroxylation sites is 1. The van der Waals surface area contributed by atoms with Gasteiger partial charge in [0.1, 0.15) is 5.75 Å². The molecule has 0 aliphatic rings. The summed E-state index contributed by atoms with van der Waals surface area (Å²) in [6, 6.07) is 21.0. The zero-order valence-corrected chi connectivity index (χ0v) is 22.5. The minimum absolute atomic E-state index is 0.306. The van der Waals surface area contributed by atoms with Gasteiger partial charge in [0.15, 0.2) is 0 Å². The minimum Gasteiger partial charge on any atom is -0.507 e. The van der Waals surface area contributed by atoms with Crippen LogP contribution in [0.2, 0.25) is 6.55 Å². The van der Waals surface area contributed by atoms with E-state index in [2.05, 4.69) is 103 Å². The lowest BCUT2D eigenvalue weighted by atomic mass is 9.83. The molecule has 0 aliphatic carbocycles. The second-order valence-electron chi connectivity index (χ2n) is 10.2. The molecule has 1 nitrogen and oxygen atoms in total. The van der Waals surface area contributed by atoms with E-state index in [0.717, 1.165) is 39.5 Å². The Kier molecular flexibility index (Phi) is 8.59. The minimum atomic E-state index is 0.306. The van der Waals surface area contributed by atoms with Crippen molar-refractivity contribution in [1.82, 2.24) is 0 Å². The summed E-state index contributed by atoms with van der Waals surface area (Å²) < 4.78 is 0. The fraction of sp³-hybridized carbons (Fsp3) is 0.419. The summed E-state index contributed by atoms with van der Waals surface area (Å²) >= 11 is 0. The summed E-state index contributed by atoms with van der Waals surface area (Å²) in [6.07, 6.45) is 1.72. The number of hydrogen-bond donors (Lipinski definition) is 1. The van der Waals surface area contributed by atoms with E-state index in [0.29, 0.717) is 23.5 Å². The summed E-state index contributed by atoms with van der Waals surface area (Å²) in [6.45, 7) is 15.7. The lowest BCUT2D eigenvalue weighted by Gasteiger charge is -2.22. The van der Waals surface area contributed by atoms with Crippen molar-refractivity contribution < 1.29 is 5.11 Å². The van der Waals surface area contributed by atoms with Crippen LogP contribution in [0.3, 0.4) is 0 Å². The standard InChI is InChI=1S/C31H40OSi/c1-20(2)26-14-8-11-23(17-30-25(19-33-7)13-10-15-27(30)21(3)4)29(26)18-24-12-9-16-28(22(5)6)31(24)32/h8-16,20-22,32H,17-19H2,1-7H3. The Hall–Kier alpha value is -2.32. The molecule has 0 aromatic heterocycles. The van der Waals surface area contributed by atoms with Crippen molar-refractivity contribution in [1.29, 1.82) is 0 Å². The zero-order valence-electron chi connectivity index (χ0n) is 21.5. The van der Waals surface area contributed by atoms with Crippen LogP contribution in [0, 0.1) is 0 Å². The summed E-state index contributed by atoms with van der Waals surface area (Å²) in [4.78, 5) is 0. The van der Waals surface area contributed by atoms with Gasteiger partial charge < -0.3 is 5.11 Å². The van der Waals surface area contributed by atoms with Crippen LogP contribution in [0.4, 0.5) is 0 Å². The molecule has 0 atom stereocenters. The van der Waals surface area contributed by atoms with Gasteiger partial charge in [-0.3, -0.25) is 0 Å². The fourth-order valence-electron chi connectivity index (χ4n) is 4.94. The van der Waals surface area contributed by atoms with E-state index < -0.39 is 0 Å². The Bertz CT molecular complexity index is 1080. The quantitative estimate of drug-likeness (QED) is 0.322. The number of aromatic hydroxyl groups is 1. The number of benzene rings is 3. The molecule has 0 heterocycles. The lowest BCUT2D eigenvalue weighted by molar-refractivity contribution is 0.459. The van der Waals surface area contributed by atoms with Gasteiger partial charge in [0, 0.05) is 15.9 Å². The highest BCUT2D eigenvalue weighted by molar-refractivity contribution is 6.32. The third-order valence-electron chi connectivity index (χ3n) is 6.74. The highest BCUT2D eigenvalue weighted by Crippen LogP contribution is 2.35. The summed E-state index contributed by atoms with van der Waals surface area (Å²) in [5.41, 5.74) is 10.7. The molecule has 2 heteroatoms. The Morgan fingerprint density at radius 1 is 0.606 bits per heavy atom. The van der Waals surface area contributed by atoms with Crippen molar-refractivity contribution in [3.8, 4) is 5.75 Å². The van der Waals surface area contributed by atoms with Crippen molar-refractivity contribution in [2.24, 2.45) is 0 Å². The van der Waals surface area contributed by atoms with Gasteiger partial charge in [0.2, 0.25) is 0 Å². The van der Waals surface area contributed by atoms with Crippen LogP contribution in [0.15, 0.2) is 54.6 Å². The lowest BCUT2D eigenvalue weighted by Crippen LogP contribution is -2.09. The summed E-state index contributed by atoms with van der Waals surface area (Å²) in [5, 5.41) is 11.1. The molecule has 0 saturated heterocycles. The molecule has 2 radical (unpaired) electrons. The van der Waals surface area contributed by atoms with Crippen LogP contribution >= 0.6 is 0 Å². The fourth-order valence-corrected chi connectivity index (χ4v) is 5.66. The van der Waals surface area contributed by atoms with Gasteiger partial charge in [-0.1, -0.05) is 103 Å². The zero-order chi connectivity index (χ0) is 24.1. The van der Waals surface area contributed by atoms with Crippen LogP contribution in [-0.2, 0) is 18.9 Å². The SMILES string of the molecule is C[Si]Cc1cccc(C(C)C)c1Cc1cccc(C(C)C)c1Cc1cccc(C(C)C)c1O. The smallest absolute Gasteiger partial charge is 0.122 e. The maximum Gasteiger partial charge on any atom is 0.122 e. The van der Waals surface area contributed by atoms with Crippen molar-refractivity contribution in [2.45, 2.75) is 84.7 Å². The Morgan fingerprint density at radius 2 is 1.03 bits per heavy atom. The van der Waals surface area contributed by atoms with Crippen LogP contribution in [0.1, 0.15) is 104 Å². The molecule has 3 aromatic rings. The molecule has 174 valence electrons. The Balaban J connectivity index is 2.13. The monoisotopic (exact) mass is 456 g/mol. The Morgan fingerprint density at radius 3 is 1.55 bits per heavy atom. The first-order valence-electron chi connectivity index (χ1n) is 12.4. The van der Waals surface area contributed by atoms with E-state index in [9.17, 15) is 5.11 Å². The van der Waals surface area contributed by atoms with Crippen molar-refractivity contribution in [3.63, 3.8) is 0 Å². The molecule has 0 bridgehead atoms. The van der Waals surface area contributed by atoms with E-state index >= 15 is 0 Å². The highest BCUT2D eigenvalue weighted by Gasteiger charge is 2.19. The van der Waals surface area contributed by atoms with E-state index in [4.69, 9.17) is 0 Å². The maximum atomic E-state index is 11.1. The molecule has 0 unspecified atom stereocenters. The molecule has 0 saturated carbocycles. The van der Waals surface area contributed by atoms with Crippen molar-refractivity contribution in [3.05, 3.63) is 99.1 Å². The predicted molar refractivity (Wildman–Crippen MR) is 144 cm³/mol. The molecule has 0 amide bonds. The molecular formula is C31H40OSi. The second-order valence-corrected chi connectivity index (χ2v) is 11.2. The summed E-state index contributed by atoms with van der Waals surface area (Å²) in [7, 11) is 0.912. The third-order valence-corrected chi connectivity index (χ3v) is 7.47. The second kappa shape index (κ2) is 11.2. The molecule has 3 rings (SSSR count). The van der Waals surface area contributed by atoms with Crippen LogP contribution in [-0.4, -0.2) is 14.6 Å². The summed E-state index contributed by atoms with van der Waals surface area (Å²) in [5.74, 6) is 1.71.